The van der Waals surface area contributed by atoms with E-state index in [2.05, 4.69) is 25.9 Å². The molecule has 3 N–H and O–H groups in total. The Bertz CT molecular complexity index is 1490. The molecule has 1 saturated heterocycles. The maximum atomic E-state index is 13.7. The van der Waals surface area contributed by atoms with Gasteiger partial charge in [0, 0.05) is 35.3 Å². The van der Waals surface area contributed by atoms with Crippen molar-refractivity contribution in [2.24, 2.45) is 17.8 Å². The van der Waals surface area contributed by atoms with Crippen LogP contribution in [-0.2, 0) is 22.7 Å². The Kier molecular flexibility index (Phi) is 6.08. The van der Waals surface area contributed by atoms with E-state index in [1.165, 1.54) is 48.0 Å². The van der Waals surface area contributed by atoms with Crippen molar-refractivity contribution in [1.82, 2.24) is 25.2 Å². The summed E-state index contributed by atoms with van der Waals surface area (Å²) < 4.78 is 1.42. The van der Waals surface area contributed by atoms with Gasteiger partial charge in [-0.1, -0.05) is 6.07 Å². The van der Waals surface area contributed by atoms with Crippen molar-refractivity contribution >= 4 is 39.7 Å². The first kappa shape index (κ1) is 24.9. The molecule has 3 aromatic rings. The van der Waals surface area contributed by atoms with Crippen LogP contribution in [0.1, 0.15) is 73.1 Å². The lowest BCUT2D eigenvalue weighted by Gasteiger charge is -2.57. The minimum atomic E-state index is -0.747. The van der Waals surface area contributed by atoms with Gasteiger partial charge in [-0.3, -0.25) is 24.3 Å². The fourth-order valence-corrected chi connectivity index (χ4v) is 8.88. The molecule has 0 spiro atoms. The third-order valence-corrected chi connectivity index (χ3v) is 10.3. The summed E-state index contributed by atoms with van der Waals surface area (Å²) >= 11 is 1.70. The second kappa shape index (κ2) is 9.52. The summed E-state index contributed by atoms with van der Waals surface area (Å²) in [5.41, 5.74) is 1.28. The van der Waals surface area contributed by atoms with Crippen LogP contribution in [-0.4, -0.2) is 31.9 Å². The van der Waals surface area contributed by atoms with E-state index in [-0.39, 0.29) is 24.3 Å². The van der Waals surface area contributed by atoms with Gasteiger partial charge in [0.05, 0.1) is 17.4 Å². The standard InChI is InChI=1S/C29H34N6O3S/c1-16-33-22-4-2-3-21(26(22)28(38)35(16)23-5-6-24(36)34-27(23)37)30-15-25-31-13-20(39-25)14-32-29-10-17-7-18(11-29)9-19(8-17)12-29/h2-4,13,17-19,23,30,32H,5-12,14-15H2,1H3,(H,34,36,37). The number of carbonyl (C=O) groups is 2. The van der Waals surface area contributed by atoms with Crippen LogP contribution in [0.4, 0.5) is 5.69 Å². The van der Waals surface area contributed by atoms with Gasteiger partial charge in [-0.15, -0.1) is 11.3 Å². The number of thiazole rings is 1. The van der Waals surface area contributed by atoms with Crippen molar-refractivity contribution in [3.63, 3.8) is 0 Å². The molecule has 1 atom stereocenters. The predicted molar refractivity (Wildman–Crippen MR) is 149 cm³/mol. The lowest BCUT2D eigenvalue weighted by Crippen LogP contribution is -2.58. The van der Waals surface area contributed by atoms with E-state index in [1.807, 2.05) is 18.3 Å². The molecule has 10 heteroatoms. The van der Waals surface area contributed by atoms with E-state index < -0.39 is 11.9 Å². The second-order valence-electron chi connectivity index (χ2n) is 12.1. The zero-order chi connectivity index (χ0) is 26.7. The number of carbonyl (C=O) groups excluding carboxylic acids is 2. The highest BCUT2D eigenvalue weighted by molar-refractivity contribution is 7.11. The molecule has 2 aromatic heterocycles. The van der Waals surface area contributed by atoms with Crippen LogP contribution in [0.3, 0.4) is 0 Å². The van der Waals surface area contributed by atoms with Crippen molar-refractivity contribution in [1.29, 1.82) is 0 Å². The molecule has 204 valence electrons. The Balaban J connectivity index is 1.07. The average molecular weight is 547 g/mol. The minimum absolute atomic E-state index is 0.199. The topological polar surface area (TPSA) is 118 Å². The summed E-state index contributed by atoms with van der Waals surface area (Å²) in [5.74, 6) is 2.44. The number of aromatic nitrogens is 3. The molecule has 39 heavy (non-hydrogen) atoms. The lowest BCUT2D eigenvalue weighted by molar-refractivity contribution is -0.135. The van der Waals surface area contributed by atoms with E-state index in [1.54, 1.807) is 24.3 Å². The van der Waals surface area contributed by atoms with Crippen molar-refractivity contribution in [2.45, 2.75) is 83.0 Å². The summed E-state index contributed by atoms with van der Waals surface area (Å²) in [5, 5.41) is 11.1. The Morgan fingerprint density at radius 2 is 1.82 bits per heavy atom. The van der Waals surface area contributed by atoms with E-state index in [0.717, 1.165) is 29.3 Å². The van der Waals surface area contributed by atoms with Crippen LogP contribution in [0.5, 0.6) is 0 Å². The molecule has 4 bridgehead atoms. The Hall–Kier alpha value is -3.11. The molecule has 4 aliphatic carbocycles. The van der Waals surface area contributed by atoms with E-state index >= 15 is 0 Å². The van der Waals surface area contributed by atoms with Crippen molar-refractivity contribution in [3.8, 4) is 0 Å². The highest BCUT2D eigenvalue weighted by atomic mass is 32.1. The number of rotatable bonds is 7. The molecule has 9 nitrogen and oxygen atoms in total. The van der Waals surface area contributed by atoms with Gasteiger partial charge in [0.2, 0.25) is 11.8 Å². The number of fused-ring (bicyclic) bond motifs is 1. The molecule has 8 rings (SSSR count). The van der Waals surface area contributed by atoms with Crippen LogP contribution < -0.4 is 21.5 Å². The van der Waals surface area contributed by atoms with Crippen LogP contribution in [0.25, 0.3) is 10.9 Å². The quantitative estimate of drug-likeness (QED) is 0.386. The number of imide groups is 1. The van der Waals surface area contributed by atoms with E-state index in [0.29, 0.717) is 34.5 Å². The Morgan fingerprint density at radius 1 is 1.08 bits per heavy atom. The molecule has 3 heterocycles. The fraction of sp³-hybridized carbons (Fsp3) is 0.552. The first-order valence-electron chi connectivity index (χ1n) is 14.1. The van der Waals surface area contributed by atoms with Gasteiger partial charge in [-0.2, -0.15) is 0 Å². The number of hydrogen-bond acceptors (Lipinski definition) is 8. The number of aryl methyl sites for hydroxylation is 1. The molecule has 1 aliphatic heterocycles. The van der Waals surface area contributed by atoms with Crippen LogP contribution in [0, 0.1) is 24.7 Å². The highest BCUT2D eigenvalue weighted by Gasteiger charge is 2.50. The maximum Gasteiger partial charge on any atom is 0.264 e. The van der Waals surface area contributed by atoms with E-state index in [9.17, 15) is 14.4 Å². The second-order valence-corrected chi connectivity index (χ2v) is 13.3. The number of hydrogen-bond donors (Lipinski definition) is 3. The van der Waals surface area contributed by atoms with Gasteiger partial charge >= 0.3 is 0 Å². The van der Waals surface area contributed by atoms with Crippen molar-refractivity contribution in [3.05, 3.63) is 50.5 Å². The third-order valence-electron chi connectivity index (χ3n) is 9.34. The average Bonchev–Trinajstić information content (AvgIpc) is 3.34. The monoisotopic (exact) mass is 546 g/mol. The molecule has 0 radical (unpaired) electrons. The van der Waals surface area contributed by atoms with Crippen molar-refractivity contribution in [2.75, 3.05) is 5.32 Å². The predicted octanol–water partition coefficient (Wildman–Crippen LogP) is 3.81. The molecule has 4 saturated carbocycles. The summed E-state index contributed by atoms with van der Waals surface area (Å²) in [7, 11) is 0. The smallest absolute Gasteiger partial charge is 0.264 e. The van der Waals surface area contributed by atoms with Gasteiger partial charge in [0.1, 0.15) is 16.9 Å². The highest BCUT2D eigenvalue weighted by Crippen LogP contribution is 2.55. The summed E-state index contributed by atoms with van der Waals surface area (Å²) in [4.78, 5) is 48.3. The SMILES string of the molecule is Cc1nc2cccc(NCc3ncc(CNC45CC6CC(CC(C6)C4)C5)s3)c2c(=O)n1C1CCC(=O)NC1=O. The summed E-state index contributed by atoms with van der Waals surface area (Å²) in [6, 6.07) is 4.79. The van der Waals surface area contributed by atoms with Crippen molar-refractivity contribution < 1.29 is 9.59 Å². The van der Waals surface area contributed by atoms with Gasteiger partial charge in [-0.05, 0) is 81.8 Å². The number of amides is 2. The van der Waals surface area contributed by atoms with Gasteiger partial charge in [0.15, 0.2) is 0 Å². The number of piperidine rings is 1. The Morgan fingerprint density at radius 3 is 2.54 bits per heavy atom. The molecule has 5 fully saturated rings. The molecular formula is C29H34N6O3S. The molecule has 1 aromatic carbocycles. The van der Waals surface area contributed by atoms with E-state index in [4.69, 9.17) is 0 Å². The number of benzene rings is 1. The van der Waals surface area contributed by atoms with Crippen LogP contribution in [0.2, 0.25) is 0 Å². The van der Waals surface area contributed by atoms with Gasteiger partial charge in [0.25, 0.3) is 5.56 Å². The Labute approximate surface area is 230 Å². The molecule has 2 amide bonds. The first-order valence-corrected chi connectivity index (χ1v) is 15.0. The summed E-state index contributed by atoms with van der Waals surface area (Å²) in [6.45, 7) is 3.07. The third kappa shape index (κ3) is 4.57. The zero-order valence-corrected chi connectivity index (χ0v) is 23.0. The molecule has 1 unspecified atom stereocenters. The number of anilines is 1. The maximum absolute atomic E-state index is 13.7. The number of nitrogens with one attached hydrogen (secondary N) is 3. The normalized spacial score (nSPS) is 29.7. The molecular weight excluding hydrogens is 512 g/mol. The summed E-state index contributed by atoms with van der Waals surface area (Å²) in [6.07, 6.45) is 10.8. The lowest BCUT2D eigenvalue weighted by atomic mass is 9.53. The molecule has 5 aliphatic rings. The largest absolute Gasteiger partial charge is 0.378 e. The first-order chi connectivity index (χ1) is 18.9. The van der Waals surface area contributed by atoms with Crippen LogP contribution in [0.15, 0.2) is 29.2 Å². The fourth-order valence-electron chi connectivity index (χ4n) is 8.08. The minimum Gasteiger partial charge on any atom is -0.378 e. The van der Waals surface area contributed by atoms with Gasteiger partial charge in [-0.25, -0.2) is 9.97 Å². The van der Waals surface area contributed by atoms with Crippen LogP contribution >= 0.6 is 11.3 Å². The number of nitrogens with zero attached hydrogens (tertiary/aromatic N) is 3. The zero-order valence-electron chi connectivity index (χ0n) is 22.2. The van der Waals surface area contributed by atoms with Gasteiger partial charge < -0.3 is 10.6 Å².